The molecule has 0 fully saturated rings. The SMILES string of the molecule is CC(=Nn1c(-c2ccc3c(c2)NC(=O)CO3)csc1=NCCc1ccccc1)c1c(F)cccc1F. The Morgan fingerprint density at radius 1 is 1.08 bits per heavy atom. The van der Waals surface area contributed by atoms with E-state index in [0.717, 1.165) is 17.5 Å². The fourth-order valence-corrected chi connectivity index (χ4v) is 4.77. The molecule has 1 aromatic heterocycles. The van der Waals surface area contributed by atoms with E-state index < -0.39 is 11.6 Å². The Bertz CT molecular complexity index is 1510. The van der Waals surface area contributed by atoms with E-state index in [2.05, 4.69) is 10.4 Å². The Morgan fingerprint density at radius 2 is 1.86 bits per heavy atom. The number of fused-ring (bicyclic) bond motifs is 1. The number of nitrogens with one attached hydrogen (secondary N) is 1. The van der Waals surface area contributed by atoms with E-state index in [9.17, 15) is 13.6 Å². The van der Waals surface area contributed by atoms with Gasteiger partial charge in [0.05, 0.1) is 22.7 Å². The summed E-state index contributed by atoms with van der Waals surface area (Å²) in [5.41, 5.74) is 3.09. The van der Waals surface area contributed by atoms with Crippen LogP contribution in [0.5, 0.6) is 5.75 Å². The van der Waals surface area contributed by atoms with Crippen LogP contribution in [0.1, 0.15) is 18.1 Å². The molecule has 0 atom stereocenters. The third kappa shape index (κ3) is 4.96. The first-order valence-electron chi connectivity index (χ1n) is 11.3. The summed E-state index contributed by atoms with van der Waals surface area (Å²) in [7, 11) is 0. The van der Waals surface area contributed by atoms with Gasteiger partial charge in [0, 0.05) is 17.5 Å². The van der Waals surface area contributed by atoms with Crippen LogP contribution in [0.25, 0.3) is 11.3 Å². The van der Waals surface area contributed by atoms with Crippen molar-refractivity contribution in [2.45, 2.75) is 13.3 Å². The van der Waals surface area contributed by atoms with Crippen LogP contribution in [-0.2, 0) is 11.2 Å². The van der Waals surface area contributed by atoms with Gasteiger partial charge in [-0.05, 0) is 49.2 Å². The minimum Gasteiger partial charge on any atom is -0.482 e. The zero-order valence-corrected chi connectivity index (χ0v) is 20.2. The number of carbonyl (C=O) groups excluding carboxylic acids is 1. The first-order valence-corrected chi connectivity index (χ1v) is 12.2. The van der Waals surface area contributed by atoms with Gasteiger partial charge in [-0.3, -0.25) is 9.79 Å². The molecule has 3 aromatic carbocycles. The molecule has 0 spiro atoms. The van der Waals surface area contributed by atoms with Crippen LogP contribution >= 0.6 is 11.3 Å². The van der Waals surface area contributed by atoms with Gasteiger partial charge >= 0.3 is 0 Å². The molecule has 0 unspecified atom stereocenters. The first kappa shape index (κ1) is 23.6. The topological polar surface area (TPSA) is 68.0 Å². The number of carbonyl (C=O) groups is 1. The number of aromatic nitrogens is 1. The van der Waals surface area contributed by atoms with E-state index >= 15 is 0 Å². The second-order valence-electron chi connectivity index (χ2n) is 8.16. The van der Waals surface area contributed by atoms with Gasteiger partial charge in [0.15, 0.2) is 6.61 Å². The standard InChI is InChI=1S/C27H22F2N4O2S/c1-17(26-20(28)8-5-9-21(26)29)32-33-23(19-10-11-24-22(14-19)31-25(34)15-35-24)16-36-27(33)30-13-12-18-6-3-2-4-7-18/h2-11,14,16H,12-13,15H2,1H3,(H,31,34). The maximum Gasteiger partial charge on any atom is 0.262 e. The van der Waals surface area contributed by atoms with Crippen LogP contribution < -0.4 is 14.9 Å². The molecular formula is C27H22F2N4O2S. The van der Waals surface area contributed by atoms with Crippen molar-refractivity contribution in [3.05, 3.63) is 99.7 Å². The number of hydrogen-bond donors (Lipinski definition) is 1. The van der Waals surface area contributed by atoms with Crippen molar-refractivity contribution < 1.29 is 18.3 Å². The van der Waals surface area contributed by atoms with Crippen molar-refractivity contribution in [2.75, 3.05) is 18.5 Å². The van der Waals surface area contributed by atoms with Gasteiger partial charge in [0.1, 0.15) is 17.4 Å². The minimum absolute atomic E-state index is 0.0348. The largest absolute Gasteiger partial charge is 0.482 e. The summed E-state index contributed by atoms with van der Waals surface area (Å²) >= 11 is 1.37. The van der Waals surface area contributed by atoms with E-state index in [-0.39, 0.29) is 23.8 Å². The summed E-state index contributed by atoms with van der Waals surface area (Å²) in [5.74, 6) is -1.05. The molecule has 0 bridgehead atoms. The lowest BCUT2D eigenvalue weighted by molar-refractivity contribution is -0.118. The van der Waals surface area contributed by atoms with Crippen molar-refractivity contribution in [3.8, 4) is 17.0 Å². The second kappa shape index (κ2) is 10.2. The van der Waals surface area contributed by atoms with E-state index in [4.69, 9.17) is 9.73 Å². The van der Waals surface area contributed by atoms with Crippen LogP contribution in [-0.4, -0.2) is 29.4 Å². The zero-order chi connectivity index (χ0) is 25.1. The lowest BCUT2D eigenvalue weighted by Crippen LogP contribution is -2.25. The number of hydrogen-bond acceptors (Lipinski definition) is 5. The van der Waals surface area contributed by atoms with Crippen LogP contribution in [0.3, 0.4) is 0 Å². The Morgan fingerprint density at radius 3 is 2.64 bits per heavy atom. The van der Waals surface area contributed by atoms with Gasteiger partial charge in [-0.2, -0.15) is 5.10 Å². The molecule has 1 aliphatic heterocycles. The predicted molar refractivity (Wildman–Crippen MR) is 136 cm³/mol. The monoisotopic (exact) mass is 504 g/mol. The van der Waals surface area contributed by atoms with Crippen molar-refractivity contribution in [2.24, 2.45) is 10.1 Å². The molecule has 0 saturated carbocycles. The third-order valence-electron chi connectivity index (χ3n) is 5.66. The second-order valence-corrected chi connectivity index (χ2v) is 9.00. The minimum atomic E-state index is -0.690. The molecule has 1 aliphatic rings. The summed E-state index contributed by atoms with van der Waals surface area (Å²) in [6, 6.07) is 19.1. The molecule has 6 nitrogen and oxygen atoms in total. The van der Waals surface area contributed by atoms with Gasteiger partial charge in [0.25, 0.3) is 5.91 Å². The van der Waals surface area contributed by atoms with Gasteiger partial charge in [0.2, 0.25) is 4.80 Å². The van der Waals surface area contributed by atoms with Crippen LogP contribution in [0, 0.1) is 11.6 Å². The molecule has 1 N–H and O–H groups in total. The van der Waals surface area contributed by atoms with E-state index in [1.807, 2.05) is 41.8 Å². The number of rotatable bonds is 6. The average Bonchev–Trinajstić information content (AvgIpc) is 3.26. The number of nitrogens with zero attached hydrogens (tertiary/aromatic N) is 3. The van der Waals surface area contributed by atoms with Crippen LogP contribution in [0.15, 0.2) is 82.2 Å². The smallest absolute Gasteiger partial charge is 0.262 e. The summed E-state index contributed by atoms with van der Waals surface area (Å²) in [6.07, 6.45) is 0.737. The molecule has 0 aliphatic carbocycles. The number of ether oxygens (including phenoxy) is 1. The van der Waals surface area contributed by atoms with Crippen LogP contribution in [0.2, 0.25) is 0 Å². The highest BCUT2D eigenvalue weighted by atomic mass is 32.1. The fourth-order valence-electron chi connectivity index (χ4n) is 3.91. The quantitative estimate of drug-likeness (QED) is 0.365. The van der Waals surface area contributed by atoms with E-state index in [1.165, 1.54) is 29.5 Å². The highest BCUT2D eigenvalue weighted by molar-refractivity contribution is 7.07. The summed E-state index contributed by atoms with van der Waals surface area (Å²) < 4.78 is 36.0. The molecule has 0 radical (unpaired) electrons. The number of amides is 1. The molecule has 1 amide bonds. The predicted octanol–water partition coefficient (Wildman–Crippen LogP) is 5.24. The zero-order valence-electron chi connectivity index (χ0n) is 19.4. The van der Waals surface area contributed by atoms with Gasteiger partial charge < -0.3 is 10.1 Å². The highest BCUT2D eigenvalue weighted by Crippen LogP contribution is 2.33. The average molecular weight is 505 g/mol. The summed E-state index contributed by atoms with van der Waals surface area (Å²) in [4.78, 5) is 17.1. The lowest BCUT2D eigenvalue weighted by atomic mass is 10.1. The van der Waals surface area contributed by atoms with E-state index in [1.54, 1.807) is 23.7 Å². The van der Waals surface area contributed by atoms with E-state index in [0.29, 0.717) is 28.5 Å². The fraction of sp³-hybridized carbons (Fsp3) is 0.148. The van der Waals surface area contributed by atoms with Crippen molar-refractivity contribution >= 4 is 28.6 Å². The van der Waals surface area contributed by atoms with Gasteiger partial charge in [-0.15, -0.1) is 11.3 Å². The molecular weight excluding hydrogens is 482 g/mol. The number of anilines is 1. The Hall–Kier alpha value is -4.11. The van der Waals surface area contributed by atoms with Crippen LogP contribution in [0.4, 0.5) is 14.5 Å². The summed E-state index contributed by atoms with van der Waals surface area (Å²) in [6.45, 7) is 2.04. The molecule has 2 heterocycles. The first-order chi connectivity index (χ1) is 17.5. The molecule has 5 rings (SSSR count). The normalized spacial score (nSPS) is 13.8. The maximum absolute atomic E-state index is 14.5. The maximum atomic E-state index is 14.5. The van der Waals surface area contributed by atoms with Gasteiger partial charge in [-0.1, -0.05) is 36.4 Å². The number of thiazole rings is 1. The molecule has 0 saturated heterocycles. The van der Waals surface area contributed by atoms with Gasteiger partial charge in [-0.25, -0.2) is 13.5 Å². The summed E-state index contributed by atoms with van der Waals surface area (Å²) in [5, 5.41) is 9.27. The number of benzene rings is 3. The molecule has 4 aromatic rings. The van der Waals surface area contributed by atoms with Crippen molar-refractivity contribution in [1.82, 2.24) is 4.68 Å². The molecule has 36 heavy (non-hydrogen) atoms. The molecule has 9 heteroatoms. The Balaban J connectivity index is 1.58. The lowest BCUT2D eigenvalue weighted by Gasteiger charge is -2.18. The van der Waals surface area contributed by atoms with Crippen molar-refractivity contribution in [1.29, 1.82) is 0 Å². The Labute approximate surface area is 210 Å². The van der Waals surface area contributed by atoms with Crippen molar-refractivity contribution in [3.63, 3.8) is 0 Å². The molecule has 182 valence electrons. The highest BCUT2D eigenvalue weighted by Gasteiger charge is 2.19. The number of halogens is 2. The Kier molecular flexibility index (Phi) is 6.73. The third-order valence-corrected chi connectivity index (χ3v) is 6.51.